The van der Waals surface area contributed by atoms with Gasteiger partial charge in [0.05, 0.1) is 6.61 Å². The van der Waals surface area contributed by atoms with Gasteiger partial charge in [0.15, 0.2) is 0 Å². The highest BCUT2D eigenvalue weighted by atomic mass is 32.2. The Morgan fingerprint density at radius 2 is 2.33 bits per heavy atom. The molecule has 0 aromatic carbocycles. The molecule has 0 heterocycles. The van der Waals surface area contributed by atoms with Crippen LogP contribution in [-0.4, -0.2) is 12.4 Å². The molecular weight excluding hydrogens is 132 g/mol. The van der Waals surface area contributed by atoms with Crippen LogP contribution in [0.4, 0.5) is 0 Å². The highest BCUT2D eigenvalue weighted by Crippen LogP contribution is 2.05. The zero-order valence-corrected chi connectivity index (χ0v) is 6.88. The van der Waals surface area contributed by atoms with E-state index in [9.17, 15) is 0 Å². The first-order chi connectivity index (χ1) is 4.41. The fourth-order valence-electron chi connectivity index (χ4n) is 0.380. The van der Waals surface area contributed by atoms with E-state index in [1.165, 1.54) is 12.8 Å². The third-order valence-corrected chi connectivity index (χ3v) is 1.68. The molecule has 0 aromatic heterocycles. The lowest BCUT2D eigenvalue weighted by Gasteiger charge is -1.97. The minimum Gasteiger partial charge on any atom is -0.315 e. The lowest BCUT2D eigenvalue weighted by atomic mass is 10.4. The van der Waals surface area contributed by atoms with Crippen molar-refractivity contribution in [2.75, 3.05) is 12.4 Å². The summed E-state index contributed by atoms with van der Waals surface area (Å²) in [7, 11) is 0. The molecule has 0 rings (SSSR count). The molecule has 0 aliphatic carbocycles. The van der Waals surface area contributed by atoms with Crippen LogP contribution in [0.5, 0.6) is 0 Å². The van der Waals surface area contributed by atoms with Crippen molar-refractivity contribution in [3.05, 3.63) is 6.92 Å². The van der Waals surface area contributed by atoms with Crippen molar-refractivity contribution in [2.45, 2.75) is 26.2 Å². The van der Waals surface area contributed by atoms with Gasteiger partial charge in [0.25, 0.3) is 0 Å². The van der Waals surface area contributed by atoms with E-state index in [4.69, 9.17) is 4.18 Å². The minimum absolute atomic E-state index is 0.786. The van der Waals surface area contributed by atoms with Crippen molar-refractivity contribution >= 4 is 12.0 Å². The monoisotopic (exact) mass is 147 g/mol. The maximum absolute atomic E-state index is 5.14. The lowest BCUT2D eigenvalue weighted by Crippen LogP contribution is -1.84. The van der Waals surface area contributed by atoms with Crippen LogP contribution in [0.2, 0.25) is 0 Å². The van der Waals surface area contributed by atoms with Crippen molar-refractivity contribution in [1.29, 1.82) is 0 Å². The molecule has 55 valence electrons. The van der Waals surface area contributed by atoms with Gasteiger partial charge in [0.1, 0.15) is 0 Å². The fraction of sp³-hybridized carbons (Fsp3) is 0.857. The molecule has 0 aromatic rings. The summed E-state index contributed by atoms with van der Waals surface area (Å²) >= 11 is 1.56. The van der Waals surface area contributed by atoms with E-state index < -0.39 is 0 Å². The van der Waals surface area contributed by atoms with Crippen LogP contribution < -0.4 is 0 Å². The highest BCUT2D eigenvalue weighted by molar-refractivity contribution is 7.94. The number of rotatable bonds is 6. The van der Waals surface area contributed by atoms with E-state index in [0.717, 1.165) is 18.8 Å². The molecule has 0 saturated carbocycles. The van der Waals surface area contributed by atoms with Gasteiger partial charge in [-0.05, 0) is 24.9 Å². The van der Waals surface area contributed by atoms with Crippen LogP contribution in [0, 0.1) is 6.92 Å². The number of hydrogen-bond donors (Lipinski definition) is 0. The van der Waals surface area contributed by atoms with Crippen molar-refractivity contribution in [1.82, 2.24) is 0 Å². The summed E-state index contributed by atoms with van der Waals surface area (Å²) in [6, 6.07) is 0. The van der Waals surface area contributed by atoms with Gasteiger partial charge in [-0.15, -0.1) is 0 Å². The average molecular weight is 147 g/mol. The maximum atomic E-state index is 5.14. The second-order valence-electron chi connectivity index (χ2n) is 1.85. The Kier molecular flexibility index (Phi) is 8.60. The summed E-state index contributed by atoms with van der Waals surface area (Å²) in [6.07, 6.45) is 3.38. The SMILES string of the molecule is [CH2]CCOSCCCC. The Hall–Kier alpha value is 0.310. The van der Waals surface area contributed by atoms with Gasteiger partial charge in [-0.3, -0.25) is 0 Å². The van der Waals surface area contributed by atoms with Gasteiger partial charge >= 0.3 is 0 Å². The quantitative estimate of drug-likeness (QED) is 0.422. The zero-order valence-electron chi connectivity index (χ0n) is 6.06. The fourth-order valence-corrected chi connectivity index (χ4v) is 1.14. The topological polar surface area (TPSA) is 9.23 Å². The normalized spacial score (nSPS) is 10.0. The molecule has 0 spiro atoms. The Balaban J connectivity index is 2.60. The van der Waals surface area contributed by atoms with E-state index in [0.29, 0.717) is 0 Å². The molecule has 0 amide bonds. The van der Waals surface area contributed by atoms with Gasteiger partial charge < -0.3 is 4.18 Å². The standard InChI is InChI=1S/C7H15OS/c1-3-5-7-9-8-6-4-2/h2-7H2,1H3. The van der Waals surface area contributed by atoms with Crippen LogP contribution in [0.3, 0.4) is 0 Å². The van der Waals surface area contributed by atoms with Crippen molar-refractivity contribution in [2.24, 2.45) is 0 Å². The summed E-state index contributed by atoms with van der Waals surface area (Å²) < 4.78 is 5.14. The summed E-state index contributed by atoms with van der Waals surface area (Å²) in [5.74, 6) is 1.12. The van der Waals surface area contributed by atoms with Crippen LogP contribution in [0.1, 0.15) is 26.2 Å². The molecule has 1 nitrogen and oxygen atoms in total. The second-order valence-corrected chi connectivity index (χ2v) is 2.73. The Bertz CT molecular complexity index is 42.2. The molecular formula is C7H15OS. The number of unbranched alkanes of at least 4 members (excludes halogenated alkanes) is 1. The molecule has 0 N–H and O–H groups in total. The summed E-state index contributed by atoms with van der Waals surface area (Å²) in [5, 5.41) is 0. The highest BCUT2D eigenvalue weighted by Gasteiger charge is 1.85. The smallest absolute Gasteiger partial charge is 0.0613 e. The number of hydrogen-bond acceptors (Lipinski definition) is 2. The van der Waals surface area contributed by atoms with Crippen molar-refractivity contribution in [3.63, 3.8) is 0 Å². The second kappa shape index (κ2) is 8.31. The molecule has 0 aliphatic rings. The Morgan fingerprint density at radius 3 is 2.89 bits per heavy atom. The molecule has 0 saturated heterocycles. The summed E-state index contributed by atoms with van der Waals surface area (Å²) in [4.78, 5) is 0. The lowest BCUT2D eigenvalue weighted by molar-refractivity contribution is 0.381. The van der Waals surface area contributed by atoms with E-state index in [-0.39, 0.29) is 0 Å². The minimum atomic E-state index is 0.786. The molecule has 1 radical (unpaired) electrons. The van der Waals surface area contributed by atoms with Gasteiger partial charge in [-0.2, -0.15) is 0 Å². The van der Waals surface area contributed by atoms with E-state index in [1.807, 2.05) is 0 Å². The molecule has 0 fully saturated rings. The van der Waals surface area contributed by atoms with Crippen LogP contribution in [-0.2, 0) is 4.18 Å². The van der Waals surface area contributed by atoms with Gasteiger partial charge in [-0.25, -0.2) is 0 Å². The third kappa shape index (κ3) is 8.31. The summed E-state index contributed by atoms with van der Waals surface area (Å²) in [5.41, 5.74) is 0. The first-order valence-corrected chi connectivity index (χ1v) is 4.36. The van der Waals surface area contributed by atoms with Crippen molar-refractivity contribution < 1.29 is 4.18 Å². The Morgan fingerprint density at radius 1 is 1.56 bits per heavy atom. The predicted molar refractivity (Wildman–Crippen MR) is 43.3 cm³/mol. The van der Waals surface area contributed by atoms with Crippen LogP contribution in [0.15, 0.2) is 0 Å². The molecule has 0 bridgehead atoms. The predicted octanol–water partition coefficient (Wildman–Crippen LogP) is 2.68. The van der Waals surface area contributed by atoms with E-state index in [2.05, 4.69) is 13.8 Å². The first kappa shape index (κ1) is 9.31. The molecule has 9 heavy (non-hydrogen) atoms. The summed E-state index contributed by atoms with van der Waals surface area (Å²) in [6.45, 7) is 6.63. The van der Waals surface area contributed by atoms with Gasteiger partial charge in [-0.1, -0.05) is 20.3 Å². The third-order valence-electron chi connectivity index (χ3n) is 0.892. The molecule has 2 heteroatoms. The van der Waals surface area contributed by atoms with Crippen molar-refractivity contribution in [3.8, 4) is 0 Å². The average Bonchev–Trinajstić information content (AvgIpc) is 1.89. The van der Waals surface area contributed by atoms with Gasteiger partial charge in [0.2, 0.25) is 0 Å². The van der Waals surface area contributed by atoms with E-state index in [1.54, 1.807) is 12.0 Å². The zero-order chi connectivity index (χ0) is 6.95. The van der Waals surface area contributed by atoms with E-state index >= 15 is 0 Å². The molecule has 0 atom stereocenters. The van der Waals surface area contributed by atoms with Gasteiger partial charge in [0, 0.05) is 5.75 Å². The Labute approximate surface area is 62.4 Å². The molecule has 0 unspecified atom stereocenters. The first-order valence-electron chi connectivity index (χ1n) is 3.45. The van der Waals surface area contributed by atoms with Crippen LogP contribution >= 0.6 is 12.0 Å². The largest absolute Gasteiger partial charge is 0.315 e. The maximum Gasteiger partial charge on any atom is 0.0613 e. The van der Waals surface area contributed by atoms with Crippen LogP contribution in [0.25, 0.3) is 0 Å². The molecule has 0 aliphatic heterocycles.